The topological polar surface area (TPSA) is 45.8 Å². The largest absolute Gasteiger partial charge is 0.306 e. The average Bonchev–Trinajstić information content (AvgIpc) is 2.43. The van der Waals surface area contributed by atoms with E-state index in [1.54, 1.807) is 31.2 Å². The molecule has 3 nitrogen and oxygen atoms in total. The van der Waals surface area contributed by atoms with Crippen LogP contribution in [0.5, 0.6) is 0 Å². The third-order valence-corrected chi connectivity index (χ3v) is 3.04. The summed E-state index contributed by atoms with van der Waals surface area (Å²) in [5.74, 6) is -1.96. The van der Waals surface area contributed by atoms with Crippen LogP contribution in [0, 0.1) is 18.6 Å². The van der Waals surface area contributed by atoms with Gasteiger partial charge in [0.2, 0.25) is 0 Å². The van der Waals surface area contributed by atoms with Crippen LogP contribution in [0.3, 0.4) is 0 Å². The molecule has 0 amide bonds. The number of aryl methyl sites for hydroxylation is 1. The molecular weight excluding hydrogens is 262 g/mol. The fourth-order valence-electron chi connectivity index (χ4n) is 2.11. The highest BCUT2D eigenvalue weighted by atomic mass is 19.2. The van der Waals surface area contributed by atoms with Gasteiger partial charge >= 0.3 is 0 Å². The Hall–Kier alpha value is -2.56. The molecule has 1 heterocycles. The fraction of sp³-hybridized carbons (Fsp3) is 0.0667. The van der Waals surface area contributed by atoms with E-state index in [9.17, 15) is 13.6 Å². The normalized spacial score (nSPS) is 10.9. The van der Waals surface area contributed by atoms with Crippen LogP contribution in [-0.4, -0.2) is 9.97 Å². The Labute approximate surface area is 112 Å². The first-order chi connectivity index (χ1) is 9.56. The van der Waals surface area contributed by atoms with E-state index >= 15 is 0 Å². The molecular formula is C15H10F2N2O. The van der Waals surface area contributed by atoms with Crippen molar-refractivity contribution in [1.29, 1.82) is 0 Å². The van der Waals surface area contributed by atoms with Gasteiger partial charge in [0.15, 0.2) is 11.6 Å². The lowest BCUT2D eigenvalue weighted by Gasteiger charge is -2.06. The molecule has 1 N–H and O–H groups in total. The van der Waals surface area contributed by atoms with E-state index in [0.29, 0.717) is 16.5 Å². The molecule has 20 heavy (non-hydrogen) atoms. The minimum atomic E-state index is -1.02. The third kappa shape index (κ3) is 1.97. The number of hydrogen-bond donors (Lipinski definition) is 1. The molecule has 0 atom stereocenters. The van der Waals surface area contributed by atoms with Crippen molar-refractivity contribution in [2.24, 2.45) is 0 Å². The van der Waals surface area contributed by atoms with E-state index < -0.39 is 11.6 Å². The predicted molar refractivity (Wildman–Crippen MR) is 72.5 cm³/mol. The fourth-order valence-corrected chi connectivity index (χ4v) is 2.11. The van der Waals surface area contributed by atoms with Gasteiger partial charge in [-0.3, -0.25) is 4.79 Å². The number of benzene rings is 2. The summed E-state index contributed by atoms with van der Waals surface area (Å²) in [5, 5.41) is 0.407. The molecule has 100 valence electrons. The molecule has 5 heteroatoms. The first-order valence-corrected chi connectivity index (χ1v) is 6.01. The highest BCUT2D eigenvalue weighted by molar-refractivity contribution is 5.79. The van der Waals surface area contributed by atoms with Crippen molar-refractivity contribution in [3.05, 3.63) is 63.9 Å². The molecule has 2 aromatic carbocycles. The van der Waals surface area contributed by atoms with Gasteiger partial charge < -0.3 is 4.98 Å². The van der Waals surface area contributed by atoms with Crippen LogP contribution in [-0.2, 0) is 0 Å². The lowest BCUT2D eigenvalue weighted by Crippen LogP contribution is -2.10. The maximum absolute atomic E-state index is 13.9. The smallest absolute Gasteiger partial charge is 0.259 e. The Bertz CT molecular complexity index is 871. The van der Waals surface area contributed by atoms with Gasteiger partial charge in [-0.15, -0.1) is 0 Å². The Kier molecular flexibility index (Phi) is 2.82. The Balaban J connectivity index is 2.33. The van der Waals surface area contributed by atoms with Crippen LogP contribution in [0.15, 0.2) is 41.2 Å². The summed E-state index contributed by atoms with van der Waals surface area (Å²) in [7, 11) is 0. The number of para-hydroxylation sites is 1. The van der Waals surface area contributed by atoms with Crippen molar-refractivity contribution < 1.29 is 8.78 Å². The molecule has 0 radical (unpaired) electrons. The van der Waals surface area contributed by atoms with Gasteiger partial charge in [0, 0.05) is 0 Å². The van der Waals surface area contributed by atoms with Crippen molar-refractivity contribution in [2.45, 2.75) is 6.92 Å². The van der Waals surface area contributed by atoms with E-state index in [2.05, 4.69) is 9.97 Å². The second-order valence-electron chi connectivity index (χ2n) is 4.54. The zero-order valence-electron chi connectivity index (χ0n) is 10.6. The van der Waals surface area contributed by atoms with Crippen molar-refractivity contribution in [2.75, 3.05) is 0 Å². The van der Waals surface area contributed by atoms with Gasteiger partial charge in [0.05, 0.1) is 16.5 Å². The first-order valence-electron chi connectivity index (χ1n) is 6.01. The quantitative estimate of drug-likeness (QED) is 0.739. The lowest BCUT2D eigenvalue weighted by atomic mass is 10.1. The summed E-state index contributed by atoms with van der Waals surface area (Å²) < 4.78 is 27.3. The monoisotopic (exact) mass is 272 g/mol. The van der Waals surface area contributed by atoms with Gasteiger partial charge in [-0.05, 0) is 36.8 Å². The minimum Gasteiger partial charge on any atom is -0.306 e. The van der Waals surface area contributed by atoms with E-state index in [0.717, 1.165) is 6.07 Å². The number of H-pyrrole nitrogens is 1. The molecule has 0 bridgehead atoms. The van der Waals surface area contributed by atoms with E-state index in [1.807, 2.05) is 0 Å². The molecule has 0 aliphatic heterocycles. The average molecular weight is 272 g/mol. The zero-order chi connectivity index (χ0) is 14.3. The summed E-state index contributed by atoms with van der Waals surface area (Å²) in [6.45, 7) is 1.64. The van der Waals surface area contributed by atoms with Crippen LogP contribution in [0.1, 0.15) is 5.56 Å². The molecule has 0 saturated heterocycles. The second-order valence-corrected chi connectivity index (χ2v) is 4.54. The van der Waals surface area contributed by atoms with Gasteiger partial charge in [-0.25, -0.2) is 13.8 Å². The number of nitrogens with one attached hydrogen (secondary N) is 1. The molecule has 0 unspecified atom stereocenters. The second kappa shape index (κ2) is 4.52. The number of aromatic nitrogens is 2. The Morgan fingerprint density at radius 1 is 1.15 bits per heavy atom. The number of hydrogen-bond acceptors (Lipinski definition) is 2. The number of halogens is 2. The van der Waals surface area contributed by atoms with Crippen LogP contribution in [0.4, 0.5) is 8.78 Å². The summed E-state index contributed by atoms with van der Waals surface area (Å²) in [5.41, 5.74) is 0.555. The van der Waals surface area contributed by atoms with Crippen LogP contribution >= 0.6 is 0 Å². The third-order valence-electron chi connectivity index (χ3n) is 3.04. The maximum Gasteiger partial charge on any atom is 0.259 e. The first kappa shape index (κ1) is 12.5. The Morgan fingerprint density at radius 3 is 2.70 bits per heavy atom. The predicted octanol–water partition coefficient (Wildman–Crippen LogP) is 3.18. The lowest BCUT2D eigenvalue weighted by molar-refractivity contribution is 0.509. The van der Waals surface area contributed by atoms with Crippen molar-refractivity contribution in [1.82, 2.24) is 9.97 Å². The summed E-state index contributed by atoms with van der Waals surface area (Å²) in [4.78, 5) is 18.6. The van der Waals surface area contributed by atoms with Crippen LogP contribution < -0.4 is 5.56 Å². The van der Waals surface area contributed by atoms with Crippen molar-refractivity contribution in [3.63, 3.8) is 0 Å². The molecule has 3 aromatic rings. The van der Waals surface area contributed by atoms with E-state index in [4.69, 9.17) is 0 Å². The van der Waals surface area contributed by atoms with Crippen LogP contribution in [0.2, 0.25) is 0 Å². The SMILES string of the molecule is Cc1cc(F)c(F)c(-c2nc3ccccc3c(=O)[nH]2)c1. The highest BCUT2D eigenvalue weighted by Gasteiger charge is 2.14. The Morgan fingerprint density at radius 2 is 1.90 bits per heavy atom. The van der Waals surface area contributed by atoms with E-state index in [-0.39, 0.29) is 16.9 Å². The van der Waals surface area contributed by atoms with E-state index in [1.165, 1.54) is 6.07 Å². The number of rotatable bonds is 1. The van der Waals surface area contributed by atoms with Crippen molar-refractivity contribution >= 4 is 10.9 Å². The molecule has 0 saturated carbocycles. The minimum absolute atomic E-state index is 0.0220. The maximum atomic E-state index is 13.9. The molecule has 0 fully saturated rings. The standard InChI is InChI=1S/C15H10F2N2O/c1-8-6-10(13(17)11(16)7-8)14-18-12-5-3-2-4-9(12)15(20)19-14/h2-7H,1H3,(H,18,19,20). The summed E-state index contributed by atoms with van der Waals surface area (Å²) >= 11 is 0. The number of aromatic amines is 1. The zero-order valence-corrected chi connectivity index (χ0v) is 10.6. The number of nitrogens with zero attached hydrogens (tertiary/aromatic N) is 1. The van der Waals surface area contributed by atoms with Gasteiger partial charge in [-0.1, -0.05) is 12.1 Å². The highest BCUT2D eigenvalue weighted by Crippen LogP contribution is 2.23. The van der Waals surface area contributed by atoms with Gasteiger partial charge in [-0.2, -0.15) is 0 Å². The van der Waals surface area contributed by atoms with Gasteiger partial charge in [0.25, 0.3) is 5.56 Å². The summed E-state index contributed by atoms with van der Waals surface area (Å²) in [6.07, 6.45) is 0. The van der Waals surface area contributed by atoms with Crippen molar-refractivity contribution in [3.8, 4) is 11.4 Å². The summed E-state index contributed by atoms with van der Waals surface area (Å²) in [6, 6.07) is 9.26. The molecule has 3 rings (SSSR count). The van der Waals surface area contributed by atoms with Gasteiger partial charge in [0.1, 0.15) is 5.82 Å². The molecule has 0 aliphatic carbocycles. The van der Waals surface area contributed by atoms with Crippen LogP contribution in [0.25, 0.3) is 22.3 Å². The molecule has 0 spiro atoms. The number of fused-ring (bicyclic) bond motifs is 1. The molecule has 0 aliphatic rings. The molecule has 1 aromatic heterocycles.